The fourth-order valence-electron chi connectivity index (χ4n) is 3.34. The molecule has 5 nitrogen and oxygen atoms in total. The summed E-state index contributed by atoms with van der Waals surface area (Å²) in [6, 6.07) is 0.562. The summed E-state index contributed by atoms with van der Waals surface area (Å²) in [5.74, 6) is 0.282. The monoisotopic (exact) mass is 283 g/mol. The molecule has 2 fully saturated rings. The maximum absolute atomic E-state index is 12.6. The van der Waals surface area contributed by atoms with Crippen LogP contribution < -0.4 is 5.32 Å². The molecule has 2 aliphatic rings. The Bertz CT molecular complexity index is 305. The zero-order chi connectivity index (χ0) is 14.4. The van der Waals surface area contributed by atoms with Gasteiger partial charge >= 0.3 is 0 Å². The summed E-state index contributed by atoms with van der Waals surface area (Å²) in [6.45, 7) is 7.03. The summed E-state index contributed by atoms with van der Waals surface area (Å²) < 4.78 is 5.33. The first kappa shape index (κ1) is 15.7. The number of rotatable bonds is 5. The van der Waals surface area contributed by atoms with Crippen LogP contribution in [0.15, 0.2) is 0 Å². The van der Waals surface area contributed by atoms with Gasteiger partial charge in [-0.25, -0.2) is 0 Å². The molecule has 1 N–H and O–H groups in total. The molecule has 0 spiro atoms. The van der Waals surface area contributed by atoms with Crippen molar-refractivity contribution in [2.75, 3.05) is 46.4 Å². The SMILES string of the molecule is CNCCC1CCCCN1C(C)C(=O)N1CCOCC1. The molecule has 2 saturated heterocycles. The smallest absolute Gasteiger partial charge is 0.239 e. The summed E-state index contributed by atoms with van der Waals surface area (Å²) in [5.41, 5.74) is 0. The number of hydrogen-bond donors (Lipinski definition) is 1. The molecule has 0 radical (unpaired) electrons. The van der Waals surface area contributed by atoms with Crippen LogP contribution in [0.25, 0.3) is 0 Å². The Hall–Kier alpha value is -0.650. The Morgan fingerprint density at radius 3 is 2.75 bits per heavy atom. The van der Waals surface area contributed by atoms with Gasteiger partial charge in [0, 0.05) is 19.1 Å². The van der Waals surface area contributed by atoms with Gasteiger partial charge in [-0.15, -0.1) is 0 Å². The number of carbonyl (C=O) groups excluding carboxylic acids is 1. The minimum absolute atomic E-state index is 0.00950. The largest absolute Gasteiger partial charge is 0.378 e. The highest BCUT2D eigenvalue weighted by Crippen LogP contribution is 2.22. The number of nitrogens with one attached hydrogen (secondary N) is 1. The van der Waals surface area contributed by atoms with Gasteiger partial charge in [-0.1, -0.05) is 6.42 Å². The molecule has 20 heavy (non-hydrogen) atoms. The van der Waals surface area contributed by atoms with E-state index in [-0.39, 0.29) is 11.9 Å². The van der Waals surface area contributed by atoms with Crippen LogP contribution in [0.4, 0.5) is 0 Å². The standard InChI is InChI=1S/C15H29N3O2/c1-13(15(19)17-9-11-20-12-10-17)18-8-4-3-5-14(18)6-7-16-2/h13-14,16H,3-12H2,1-2H3. The van der Waals surface area contributed by atoms with Crippen molar-refractivity contribution >= 4 is 5.91 Å². The van der Waals surface area contributed by atoms with Crippen LogP contribution in [0.3, 0.4) is 0 Å². The van der Waals surface area contributed by atoms with Crippen LogP contribution in [0.2, 0.25) is 0 Å². The van der Waals surface area contributed by atoms with E-state index in [4.69, 9.17) is 4.74 Å². The summed E-state index contributed by atoms with van der Waals surface area (Å²) in [5, 5.41) is 3.23. The lowest BCUT2D eigenvalue weighted by Crippen LogP contribution is -2.55. The van der Waals surface area contributed by atoms with Crippen LogP contribution in [0.1, 0.15) is 32.6 Å². The molecule has 2 aliphatic heterocycles. The van der Waals surface area contributed by atoms with E-state index in [1.54, 1.807) is 0 Å². The van der Waals surface area contributed by atoms with Gasteiger partial charge < -0.3 is 15.0 Å². The third-order valence-electron chi connectivity index (χ3n) is 4.58. The van der Waals surface area contributed by atoms with Crippen molar-refractivity contribution < 1.29 is 9.53 Å². The molecule has 0 aromatic rings. The lowest BCUT2D eigenvalue weighted by atomic mass is 9.97. The summed E-state index contributed by atoms with van der Waals surface area (Å²) >= 11 is 0. The van der Waals surface area contributed by atoms with E-state index in [1.165, 1.54) is 19.3 Å². The van der Waals surface area contributed by atoms with Crippen molar-refractivity contribution in [1.82, 2.24) is 15.1 Å². The first-order valence-electron chi connectivity index (χ1n) is 8.01. The molecule has 0 bridgehead atoms. The zero-order valence-corrected chi connectivity index (χ0v) is 12.9. The Morgan fingerprint density at radius 2 is 2.05 bits per heavy atom. The van der Waals surface area contributed by atoms with E-state index >= 15 is 0 Å². The van der Waals surface area contributed by atoms with E-state index in [1.807, 2.05) is 11.9 Å². The van der Waals surface area contributed by atoms with Crippen LogP contribution in [-0.2, 0) is 9.53 Å². The lowest BCUT2D eigenvalue weighted by Gasteiger charge is -2.41. The van der Waals surface area contributed by atoms with E-state index in [9.17, 15) is 4.79 Å². The Kier molecular flexibility index (Phi) is 6.26. The number of likely N-dealkylation sites (tertiary alicyclic amines) is 1. The van der Waals surface area contributed by atoms with Crippen LogP contribution >= 0.6 is 0 Å². The minimum atomic E-state index is 0.00950. The minimum Gasteiger partial charge on any atom is -0.378 e. The van der Waals surface area contributed by atoms with Crippen molar-refractivity contribution in [1.29, 1.82) is 0 Å². The number of hydrogen-bond acceptors (Lipinski definition) is 4. The van der Waals surface area contributed by atoms with Gasteiger partial charge in [0.05, 0.1) is 19.3 Å². The molecule has 2 rings (SSSR count). The first-order valence-corrected chi connectivity index (χ1v) is 8.01. The molecule has 2 unspecified atom stereocenters. The fourth-order valence-corrected chi connectivity index (χ4v) is 3.34. The normalized spacial score (nSPS) is 26.5. The number of piperidine rings is 1. The highest BCUT2D eigenvalue weighted by atomic mass is 16.5. The summed E-state index contributed by atoms with van der Waals surface area (Å²) in [6.07, 6.45) is 4.87. The van der Waals surface area contributed by atoms with E-state index in [0.717, 1.165) is 32.6 Å². The molecule has 0 aromatic carbocycles. The lowest BCUT2D eigenvalue weighted by molar-refractivity contribution is -0.142. The molecular weight excluding hydrogens is 254 g/mol. The third kappa shape index (κ3) is 3.93. The number of amides is 1. The second kappa shape index (κ2) is 7.96. The number of nitrogens with zero attached hydrogens (tertiary/aromatic N) is 2. The molecule has 1 amide bonds. The highest BCUT2D eigenvalue weighted by molar-refractivity contribution is 5.81. The molecular formula is C15H29N3O2. The van der Waals surface area contributed by atoms with Crippen LogP contribution in [0.5, 0.6) is 0 Å². The van der Waals surface area contributed by atoms with Gasteiger partial charge in [-0.05, 0) is 46.3 Å². The van der Waals surface area contributed by atoms with Gasteiger partial charge in [0.25, 0.3) is 0 Å². The second-order valence-electron chi connectivity index (χ2n) is 5.89. The Labute approximate surface area is 122 Å². The van der Waals surface area contributed by atoms with Crippen molar-refractivity contribution in [3.05, 3.63) is 0 Å². The van der Waals surface area contributed by atoms with Gasteiger partial charge in [0.2, 0.25) is 5.91 Å². The molecule has 0 aliphatic carbocycles. The molecule has 0 aromatic heterocycles. The van der Waals surface area contributed by atoms with Crippen LogP contribution in [-0.4, -0.2) is 74.2 Å². The maximum Gasteiger partial charge on any atom is 0.239 e. The third-order valence-corrected chi connectivity index (χ3v) is 4.58. The van der Waals surface area contributed by atoms with Gasteiger partial charge in [-0.3, -0.25) is 9.69 Å². The van der Waals surface area contributed by atoms with Crippen molar-refractivity contribution in [2.45, 2.75) is 44.7 Å². The Morgan fingerprint density at radius 1 is 1.30 bits per heavy atom. The predicted octanol–water partition coefficient (Wildman–Crippen LogP) is 0.698. The zero-order valence-electron chi connectivity index (χ0n) is 12.9. The van der Waals surface area contributed by atoms with Gasteiger partial charge in [0.15, 0.2) is 0 Å². The average molecular weight is 283 g/mol. The number of ether oxygens (including phenoxy) is 1. The van der Waals surface area contributed by atoms with Crippen LogP contribution in [0, 0.1) is 0 Å². The predicted molar refractivity (Wildman–Crippen MR) is 79.7 cm³/mol. The summed E-state index contributed by atoms with van der Waals surface area (Å²) in [7, 11) is 2.00. The molecule has 5 heteroatoms. The highest BCUT2D eigenvalue weighted by Gasteiger charge is 2.32. The topological polar surface area (TPSA) is 44.8 Å². The van der Waals surface area contributed by atoms with Crippen molar-refractivity contribution in [3.8, 4) is 0 Å². The average Bonchev–Trinajstić information content (AvgIpc) is 2.52. The molecule has 2 heterocycles. The van der Waals surface area contributed by atoms with Crippen molar-refractivity contribution in [3.63, 3.8) is 0 Å². The number of morpholine rings is 1. The number of carbonyl (C=O) groups is 1. The molecule has 0 saturated carbocycles. The quantitative estimate of drug-likeness (QED) is 0.807. The van der Waals surface area contributed by atoms with E-state index in [0.29, 0.717) is 19.3 Å². The fraction of sp³-hybridized carbons (Fsp3) is 0.933. The summed E-state index contributed by atoms with van der Waals surface area (Å²) in [4.78, 5) is 17.0. The van der Waals surface area contributed by atoms with Gasteiger partial charge in [-0.2, -0.15) is 0 Å². The van der Waals surface area contributed by atoms with Crippen molar-refractivity contribution in [2.24, 2.45) is 0 Å². The molecule has 2 atom stereocenters. The Balaban J connectivity index is 1.93. The maximum atomic E-state index is 12.6. The van der Waals surface area contributed by atoms with E-state index in [2.05, 4.69) is 17.1 Å². The second-order valence-corrected chi connectivity index (χ2v) is 5.89. The first-order chi connectivity index (χ1) is 9.74. The molecule has 116 valence electrons. The van der Waals surface area contributed by atoms with E-state index < -0.39 is 0 Å². The van der Waals surface area contributed by atoms with Gasteiger partial charge in [0.1, 0.15) is 0 Å².